The Balaban J connectivity index is 2.29. The standard InChI is InChI=1S/C19H23N2/c1-19(2)17(12-13-20(3)4)21(5)16-11-10-14-8-6-7-9-15(14)18(16)19/h6-13H,1-5H3/q+1. The van der Waals surface area contributed by atoms with E-state index in [1.807, 2.05) is 0 Å². The van der Waals surface area contributed by atoms with Crippen molar-refractivity contribution < 1.29 is 4.58 Å². The van der Waals surface area contributed by atoms with Crippen molar-refractivity contribution in [2.75, 3.05) is 26.0 Å². The number of benzene rings is 2. The van der Waals surface area contributed by atoms with Crippen LogP contribution in [0.1, 0.15) is 19.4 Å². The Morgan fingerprint density at radius 2 is 1.76 bits per heavy atom. The monoisotopic (exact) mass is 279 g/mol. The molecule has 108 valence electrons. The third-order valence-electron chi connectivity index (χ3n) is 4.43. The molecule has 0 unspecified atom stereocenters. The average Bonchev–Trinajstić information content (AvgIpc) is 2.64. The summed E-state index contributed by atoms with van der Waals surface area (Å²) < 4.78 is 2.08. The molecule has 0 aliphatic carbocycles. The largest absolute Gasteiger partial charge is 0.347 e. The van der Waals surface area contributed by atoms with E-state index >= 15 is 0 Å². The summed E-state index contributed by atoms with van der Waals surface area (Å²) in [4.78, 5) is 2.32. The zero-order valence-corrected chi connectivity index (χ0v) is 13.5. The van der Waals surface area contributed by atoms with Crippen LogP contribution in [0.4, 0.5) is 5.69 Å². The Morgan fingerprint density at radius 3 is 2.48 bits per heavy atom. The van der Waals surface area contributed by atoms with Crippen LogP contribution in [0.2, 0.25) is 0 Å². The third kappa shape index (κ3) is 2.06. The van der Waals surface area contributed by atoms with Crippen molar-refractivity contribution in [2.24, 2.45) is 0 Å². The number of rotatable bonds is 1. The van der Waals surface area contributed by atoms with Crippen LogP contribution in [0.25, 0.3) is 10.8 Å². The molecule has 2 heteroatoms. The van der Waals surface area contributed by atoms with Crippen LogP contribution in [0, 0.1) is 0 Å². The minimum atomic E-state index is 0.0114. The Morgan fingerprint density at radius 1 is 1.05 bits per heavy atom. The normalized spacial score (nSPS) is 18.1. The van der Waals surface area contributed by atoms with E-state index < -0.39 is 0 Å². The molecule has 0 N–H and O–H groups in total. The number of nitrogens with zero attached hydrogens (tertiary/aromatic N) is 2. The number of fused-ring (bicyclic) bond motifs is 3. The van der Waals surface area contributed by atoms with E-state index in [0.29, 0.717) is 0 Å². The summed E-state index contributed by atoms with van der Waals surface area (Å²) in [5.41, 5.74) is 4.10. The van der Waals surface area contributed by atoms with Gasteiger partial charge in [-0.05, 0) is 22.4 Å². The summed E-state index contributed by atoms with van der Waals surface area (Å²) >= 11 is 0. The van der Waals surface area contributed by atoms with Crippen molar-refractivity contribution in [2.45, 2.75) is 19.3 Å². The van der Waals surface area contributed by atoms with Crippen LogP contribution >= 0.6 is 0 Å². The molecular weight excluding hydrogens is 256 g/mol. The molecule has 21 heavy (non-hydrogen) atoms. The fourth-order valence-corrected chi connectivity index (χ4v) is 3.41. The molecule has 0 bridgehead atoms. The maximum Gasteiger partial charge on any atom is 0.164 e. The molecule has 1 aliphatic heterocycles. The van der Waals surface area contributed by atoms with Crippen molar-refractivity contribution in [1.29, 1.82) is 0 Å². The Hall–Kier alpha value is -2.09. The molecular formula is C19H23N2+. The van der Waals surface area contributed by atoms with E-state index in [4.69, 9.17) is 0 Å². The average molecular weight is 279 g/mol. The molecule has 0 spiro atoms. The van der Waals surface area contributed by atoms with E-state index in [9.17, 15) is 0 Å². The maximum absolute atomic E-state index is 2.32. The van der Waals surface area contributed by atoms with E-state index in [-0.39, 0.29) is 5.41 Å². The van der Waals surface area contributed by atoms with Crippen LogP contribution in [0.5, 0.6) is 0 Å². The first-order valence-electron chi connectivity index (χ1n) is 7.41. The van der Waals surface area contributed by atoms with Gasteiger partial charge in [-0.2, -0.15) is 0 Å². The lowest BCUT2D eigenvalue weighted by molar-refractivity contribution is -0.458. The van der Waals surface area contributed by atoms with Crippen molar-refractivity contribution in [3.05, 3.63) is 53.7 Å². The van der Waals surface area contributed by atoms with Gasteiger partial charge in [-0.1, -0.05) is 44.2 Å². The highest BCUT2D eigenvalue weighted by Crippen LogP contribution is 2.49. The lowest BCUT2D eigenvalue weighted by Crippen LogP contribution is -2.23. The molecule has 1 heterocycles. The first-order valence-corrected chi connectivity index (χ1v) is 7.41. The van der Waals surface area contributed by atoms with Crippen LogP contribution in [-0.4, -0.2) is 31.9 Å². The molecule has 1 aliphatic rings. The SMILES string of the molecule is CN1/C(=C\C=[N+](C)C)C(C)(C)c2c1ccc1ccccc21. The fraction of sp³-hybridized carbons (Fsp3) is 0.316. The third-order valence-corrected chi connectivity index (χ3v) is 4.43. The molecule has 2 aromatic rings. The lowest BCUT2D eigenvalue weighted by Gasteiger charge is -2.23. The number of hydrogen-bond donors (Lipinski definition) is 0. The number of likely N-dealkylation sites (N-methyl/N-ethyl adjacent to an activating group) is 1. The molecule has 3 rings (SSSR count). The summed E-state index contributed by atoms with van der Waals surface area (Å²) in [6.07, 6.45) is 4.36. The molecule has 2 aromatic carbocycles. The number of allylic oxidation sites excluding steroid dienone is 2. The Kier molecular flexibility index (Phi) is 3.12. The maximum atomic E-state index is 2.32. The molecule has 0 aromatic heterocycles. The van der Waals surface area contributed by atoms with Crippen LogP contribution in [0.3, 0.4) is 0 Å². The summed E-state index contributed by atoms with van der Waals surface area (Å²) in [6.45, 7) is 4.63. The minimum absolute atomic E-state index is 0.0114. The number of hydrogen-bond acceptors (Lipinski definition) is 1. The van der Waals surface area contributed by atoms with Gasteiger partial charge in [0.25, 0.3) is 0 Å². The quantitative estimate of drug-likeness (QED) is 0.568. The predicted molar refractivity (Wildman–Crippen MR) is 91.6 cm³/mol. The molecule has 0 saturated heterocycles. The highest BCUT2D eigenvalue weighted by Gasteiger charge is 2.39. The van der Waals surface area contributed by atoms with Crippen LogP contribution in [-0.2, 0) is 5.41 Å². The van der Waals surface area contributed by atoms with Crippen LogP contribution < -0.4 is 4.90 Å². The summed E-state index contributed by atoms with van der Waals surface area (Å²) in [5.74, 6) is 0. The van der Waals surface area contributed by atoms with Gasteiger partial charge in [-0.3, -0.25) is 0 Å². The Bertz CT molecular complexity index is 762. The van der Waals surface area contributed by atoms with E-state index in [2.05, 4.69) is 93.2 Å². The second-order valence-corrected chi connectivity index (χ2v) is 6.53. The zero-order valence-electron chi connectivity index (χ0n) is 13.5. The molecule has 0 saturated carbocycles. The molecule has 0 atom stereocenters. The number of anilines is 1. The molecule has 0 radical (unpaired) electrons. The van der Waals surface area contributed by atoms with Gasteiger partial charge in [0.05, 0.1) is 0 Å². The van der Waals surface area contributed by atoms with Crippen molar-refractivity contribution in [1.82, 2.24) is 0 Å². The van der Waals surface area contributed by atoms with Crippen molar-refractivity contribution >= 4 is 22.7 Å². The predicted octanol–water partition coefficient (Wildman–Crippen LogP) is 3.79. The van der Waals surface area contributed by atoms with Gasteiger partial charge < -0.3 is 4.90 Å². The van der Waals surface area contributed by atoms with E-state index in [1.165, 1.54) is 27.7 Å². The highest BCUT2D eigenvalue weighted by atomic mass is 15.2. The highest BCUT2D eigenvalue weighted by molar-refractivity contribution is 5.95. The van der Waals surface area contributed by atoms with Crippen LogP contribution in [0.15, 0.2) is 48.2 Å². The van der Waals surface area contributed by atoms with Gasteiger partial charge in [0.1, 0.15) is 14.1 Å². The van der Waals surface area contributed by atoms with E-state index in [0.717, 1.165) is 0 Å². The van der Waals surface area contributed by atoms with Crippen molar-refractivity contribution in [3.8, 4) is 0 Å². The first-order chi connectivity index (χ1) is 9.93. The molecule has 0 fully saturated rings. The lowest BCUT2D eigenvalue weighted by atomic mass is 9.81. The second-order valence-electron chi connectivity index (χ2n) is 6.53. The molecule has 0 amide bonds. The van der Waals surface area contributed by atoms with Gasteiger partial charge in [0, 0.05) is 29.9 Å². The summed E-state index contributed by atoms with van der Waals surface area (Å²) in [6, 6.07) is 13.1. The van der Waals surface area contributed by atoms with E-state index in [1.54, 1.807) is 0 Å². The van der Waals surface area contributed by atoms with Gasteiger partial charge in [0.2, 0.25) is 0 Å². The topological polar surface area (TPSA) is 6.25 Å². The van der Waals surface area contributed by atoms with Gasteiger partial charge in [0.15, 0.2) is 6.21 Å². The molecule has 2 nitrogen and oxygen atoms in total. The second kappa shape index (κ2) is 4.73. The smallest absolute Gasteiger partial charge is 0.164 e. The van der Waals surface area contributed by atoms with Gasteiger partial charge >= 0.3 is 0 Å². The summed E-state index contributed by atoms with van der Waals surface area (Å²) in [7, 11) is 6.28. The minimum Gasteiger partial charge on any atom is -0.347 e. The Labute approximate surface area is 127 Å². The zero-order chi connectivity index (χ0) is 15.2. The summed E-state index contributed by atoms with van der Waals surface area (Å²) in [5, 5.41) is 2.68. The fourth-order valence-electron chi connectivity index (χ4n) is 3.41. The van der Waals surface area contributed by atoms with Gasteiger partial charge in [-0.15, -0.1) is 0 Å². The van der Waals surface area contributed by atoms with Crippen molar-refractivity contribution in [3.63, 3.8) is 0 Å². The van der Waals surface area contributed by atoms with Gasteiger partial charge in [-0.25, -0.2) is 4.58 Å². The first kappa shape index (κ1) is 13.9.